The van der Waals surface area contributed by atoms with E-state index in [1.807, 2.05) is 12.1 Å². The number of allylic oxidation sites excluding steroid dienone is 2. The number of hydrogen-bond acceptors (Lipinski definition) is 2. The number of benzene rings is 1. The molecule has 0 unspecified atom stereocenters. The Labute approximate surface area is 115 Å². The SMILES string of the molecule is CCCCc1cc(O)c([C@@H]2C=C(C)CCC2)c(O)c1. The molecule has 104 valence electrons. The second-order valence-corrected chi connectivity index (χ2v) is 5.66. The molecule has 0 bridgehead atoms. The normalized spacial score (nSPS) is 19.3. The molecule has 2 rings (SSSR count). The van der Waals surface area contributed by atoms with E-state index < -0.39 is 0 Å². The Kier molecular flexibility index (Phi) is 4.52. The van der Waals surface area contributed by atoms with Gasteiger partial charge in [-0.15, -0.1) is 0 Å². The molecule has 0 spiro atoms. The molecule has 19 heavy (non-hydrogen) atoms. The number of hydrogen-bond donors (Lipinski definition) is 2. The lowest BCUT2D eigenvalue weighted by Gasteiger charge is -2.22. The summed E-state index contributed by atoms with van der Waals surface area (Å²) >= 11 is 0. The van der Waals surface area contributed by atoms with Gasteiger partial charge in [0, 0.05) is 11.5 Å². The minimum Gasteiger partial charge on any atom is -0.507 e. The number of phenols is 2. The lowest BCUT2D eigenvalue weighted by molar-refractivity contribution is 0.427. The van der Waals surface area contributed by atoms with Gasteiger partial charge in [-0.2, -0.15) is 0 Å². The maximum atomic E-state index is 10.2. The Balaban J connectivity index is 2.28. The maximum Gasteiger partial charge on any atom is 0.123 e. The van der Waals surface area contributed by atoms with E-state index in [4.69, 9.17) is 0 Å². The molecule has 1 aliphatic carbocycles. The van der Waals surface area contributed by atoms with Gasteiger partial charge >= 0.3 is 0 Å². The Morgan fingerprint density at radius 2 is 1.89 bits per heavy atom. The predicted molar refractivity (Wildman–Crippen MR) is 78.7 cm³/mol. The molecule has 0 aromatic heterocycles. The Morgan fingerprint density at radius 1 is 1.21 bits per heavy atom. The monoisotopic (exact) mass is 260 g/mol. The molecule has 1 aromatic carbocycles. The molecule has 1 aromatic rings. The third-order valence-corrected chi connectivity index (χ3v) is 3.96. The second kappa shape index (κ2) is 6.14. The average Bonchev–Trinajstić information content (AvgIpc) is 2.35. The van der Waals surface area contributed by atoms with Crippen LogP contribution in [0.5, 0.6) is 11.5 Å². The summed E-state index contributed by atoms with van der Waals surface area (Å²) in [7, 11) is 0. The van der Waals surface area contributed by atoms with Crippen molar-refractivity contribution in [3.63, 3.8) is 0 Å². The summed E-state index contributed by atoms with van der Waals surface area (Å²) in [5.41, 5.74) is 3.08. The van der Waals surface area contributed by atoms with Crippen LogP contribution in [0.1, 0.15) is 63.0 Å². The number of aryl methyl sites for hydroxylation is 1. The van der Waals surface area contributed by atoms with Crippen molar-refractivity contribution >= 4 is 0 Å². The highest BCUT2D eigenvalue weighted by atomic mass is 16.3. The number of aromatic hydroxyl groups is 2. The van der Waals surface area contributed by atoms with E-state index >= 15 is 0 Å². The highest BCUT2D eigenvalue weighted by Gasteiger charge is 2.21. The first-order chi connectivity index (χ1) is 9.11. The number of unbranched alkanes of at least 4 members (excludes halogenated alkanes) is 1. The van der Waals surface area contributed by atoms with Gasteiger partial charge in [-0.1, -0.05) is 25.0 Å². The summed E-state index contributed by atoms with van der Waals surface area (Å²) in [5.74, 6) is 0.665. The lowest BCUT2D eigenvalue weighted by atomic mass is 9.84. The number of phenolic OH excluding ortho intramolecular Hbond substituents is 2. The average molecular weight is 260 g/mol. The van der Waals surface area contributed by atoms with Gasteiger partial charge < -0.3 is 10.2 Å². The molecule has 0 heterocycles. The topological polar surface area (TPSA) is 40.5 Å². The molecular formula is C17H24O2. The van der Waals surface area contributed by atoms with E-state index in [0.29, 0.717) is 5.56 Å². The van der Waals surface area contributed by atoms with Crippen molar-refractivity contribution in [2.75, 3.05) is 0 Å². The highest BCUT2D eigenvalue weighted by molar-refractivity contribution is 5.50. The van der Waals surface area contributed by atoms with Gasteiger partial charge in [0.2, 0.25) is 0 Å². The van der Waals surface area contributed by atoms with Crippen molar-refractivity contribution in [1.82, 2.24) is 0 Å². The maximum absolute atomic E-state index is 10.2. The fourth-order valence-electron chi connectivity index (χ4n) is 2.92. The van der Waals surface area contributed by atoms with Crippen LogP contribution in [-0.2, 0) is 6.42 Å². The van der Waals surface area contributed by atoms with Crippen LogP contribution in [0, 0.1) is 0 Å². The van der Waals surface area contributed by atoms with Gasteiger partial charge in [-0.05, 0) is 56.7 Å². The third-order valence-electron chi connectivity index (χ3n) is 3.96. The van der Waals surface area contributed by atoms with E-state index in [1.165, 1.54) is 5.57 Å². The molecule has 2 N–H and O–H groups in total. The standard InChI is InChI=1S/C17H24O2/c1-3-4-7-13-10-15(18)17(16(19)11-13)14-8-5-6-12(2)9-14/h9-11,14,18-19H,3-8H2,1-2H3/t14-/m0/s1. The van der Waals surface area contributed by atoms with Crippen molar-refractivity contribution in [3.05, 3.63) is 34.9 Å². The summed E-state index contributed by atoms with van der Waals surface area (Å²) in [6.07, 6.45) is 8.57. The minimum atomic E-state index is 0.161. The zero-order valence-electron chi connectivity index (χ0n) is 11.9. The van der Waals surface area contributed by atoms with Crippen molar-refractivity contribution in [2.45, 2.75) is 58.3 Å². The van der Waals surface area contributed by atoms with E-state index in [1.54, 1.807) is 0 Å². The molecule has 1 atom stereocenters. The Morgan fingerprint density at radius 3 is 2.47 bits per heavy atom. The van der Waals surface area contributed by atoms with Crippen LogP contribution in [0.25, 0.3) is 0 Å². The van der Waals surface area contributed by atoms with Crippen molar-refractivity contribution in [3.8, 4) is 11.5 Å². The van der Waals surface area contributed by atoms with Crippen molar-refractivity contribution in [2.24, 2.45) is 0 Å². The zero-order chi connectivity index (χ0) is 13.8. The molecule has 0 saturated heterocycles. The van der Waals surface area contributed by atoms with Gasteiger partial charge in [-0.3, -0.25) is 0 Å². The first-order valence-corrected chi connectivity index (χ1v) is 7.34. The fourth-order valence-corrected chi connectivity index (χ4v) is 2.92. The smallest absolute Gasteiger partial charge is 0.123 e. The fraction of sp³-hybridized carbons (Fsp3) is 0.529. The summed E-state index contributed by atoms with van der Waals surface area (Å²) in [6.45, 7) is 4.26. The van der Waals surface area contributed by atoms with Crippen LogP contribution < -0.4 is 0 Å². The Hall–Kier alpha value is -1.44. The molecule has 2 heteroatoms. The van der Waals surface area contributed by atoms with Gasteiger partial charge in [-0.25, -0.2) is 0 Å². The predicted octanol–water partition coefficient (Wildman–Crippen LogP) is 4.65. The van der Waals surface area contributed by atoms with Crippen LogP contribution in [0.4, 0.5) is 0 Å². The van der Waals surface area contributed by atoms with E-state index in [-0.39, 0.29) is 17.4 Å². The lowest BCUT2D eigenvalue weighted by Crippen LogP contribution is -2.03. The first kappa shape index (κ1) is 14.0. The van der Waals surface area contributed by atoms with E-state index in [2.05, 4.69) is 19.9 Å². The van der Waals surface area contributed by atoms with Crippen LogP contribution in [0.3, 0.4) is 0 Å². The summed E-state index contributed by atoms with van der Waals surface area (Å²) in [6, 6.07) is 3.64. The molecule has 0 aliphatic heterocycles. The molecule has 0 fully saturated rings. The van der Waals surface area contributed by atoms with Crippen LogP contribution in [0.2, 0.25) is 0 Å². The zero-order valence-corrected chi connectivity index (χ0v) is 11.9. The molecule has 2 nitrogen and oxygen atoms in total. The van der Waals surface area contributed by atoms with Crippen LogP contribution in [-0.4, -0.2) is 10.2 Å². The Bertz CT molecular complexity index is 451. The summed E-state index contributed by atoms with van der Waals surface area (Å²) in [4.78, 5) is 0. The molecular weight excluding hydrogens is 236 g/mol. The molecule has 1 aliphatic rings. The molecule has 0 saturated carbocycles. The summed E-state index contributed by atoms with van der Waals surface area (Å²) < 4.78 is 0. The first-order valence-electron chi connectivity index (χ1n) is 7.34. The van der Waals surface area contributed by atoms with Crippen LogP contribution in [0.15, 0.2) is 23.8 Å². The van der Waals surface area contributed by atoms with Gasteiger partial charge in [0.15, 0.2) is 0 Å². The van der Waals surface area contributed by atoms with Gasteiger partial charge in [0.05, 0.1) is 0 Å². The van der Waals surface area contributed by atoms with Gasteiger partial charge in [0.25, 0.3) is 0 Å². The van der Waals surface area contributed by atoms with Crippen molar-refractivity contribution in [1.29, 1.82) is 0 Å². The number of rotatable bonds is 4. The highest BCUT2D eigenvalue weighted by Crippen LogP contribution is 2.41. The van der Waals surface area contributed by atoms with Gasteiger partial charge in [0.1, 0.15) is 11.5 Å². The van der Waals surface area contributed by atoms with Crippen molar-refractivity contribution < 1.29 is 10.2 Å². The molecule has 0 radical (unpaired) electrons. The summed E-state index contributed by atoms with van der Waals surface area (Å²) in [5, 5.41) is 20.4. The second-order valence-electron chi connectivity index (χ2n) is 5.66. The van der Waals surface area contributed by atoms with Crippen LogP contribution >= 0.6 is 0 Å². The molecule has 0 amide bonds. The largest absolute Gasteiger partial charge is 0.507 e. The van der Waals surface area contributed by atoms with E-state index in [9.17, 15) is 10.2 Å². The quantitative estimate of drug-likeness (QED) is 0.773. The third kappa shape index (κ3) is 3.31. The minimum absolute atomic E-state index is 0.161. The van der Waals surface area contributed by atoms with E-state index in [0.717, 1.165) is 44.1 Å².